The molecule has 0 aromatic carbocycles. The lowest BCUT2D eigenvalue weighted by atomic mass is 9.96. The van der Waals surface area contributed by atoms with Crippen molar-refractivity contribution in [2.45, 2.75) is 63.5 Å². The molecule has 0 radical (unpaired) electrons. The van der Waals surface area contributed by atoms with E-state index in [1.165, 1.54) is 44.9 Å². The second-order valence-corrected chi connectivity index (χ2v) is 6.55. The summed E-state index contributed by atoms with van der Waals surface area (Å²) >= 11 is 0. The lowest BCUT2D eigenvalue weighted by molar-refractivity contribution is -0.128. The van der Waals surface area contributed by atoms with Crippen molar-refractivity contribution in [3.8, 4) is 0 Å². The van der Waals surface area contributed by atoms with Crippen LogP contribution in [0.1, 0.15) is 51.4 Å². The van der Waals surface area contributed by atoms with Crippen LogP contribution in [0.5, 0.6) is 0 Å². The number of aliphatic imine (C=N–C) groups is 1. The minimum absolute atomic E-state index is 0.312. The standard InChI is InChI=1S/C15H26N4O/c16-15(18-12-4-2-1-3-5-12)17-9-11-8-14(20)19(10-11)13-6-7-13/h11-13H,1-10H2,(H3,16,17,18). The zero-order chi connectivity index (χ0) is 13.9. The predicted molar refractivity (Wildman–Crippen MR) is 79.3 cm³/mol. The van der Waals surface area contributed by atoms with Gasteiger partial charge in [0, 0.05) is 37.5 Å². The summed E-state index contributed by atoms with van der Waals surface area (Å²) in [6.45, 7) is 1.56. The van der Waals surface area contributed by atoms with Gasteiger partial charge in [0.25, 0.3) is 0 Å². The number of carbonyl (C=O) groups is 1. The van der Waals surface area contributed by atoms with Gasteiger partial charge in [-0.05, 0) is 25.7 Å². The van der Waals surface area contributed by atoms with Crippen LogP contribution < -0.4 is 11.1 Å². The van der Waals surface area contributed by atoms with Gasteiger partial charge in [-0.15, -0.1) is 0 Å². The van der Waals surface area contributed by atoms with E-state index in [4.69, 9.17) is 5.73 Å². The maximum absolute atomic E-state index is 11.9. The summed E-state index contributed by atoms with van der Waals surface area (Å²) in [4.78, 5) is 18.4. The highest BCUT2D eigenvalue weighted by Gasteiger charge is 2.39. The van der Waals surface area contributed by atoms with Gasteiger partial charge in [-0.2, -0.15) is 0 Å². The largest absolute Gasteiger partial charge is 0.370 e. The topological polar surface area (TPSA) is 70.7 Å². The van der Waals surface area contributed by atoms with Gasteiger partial charge in [0.1, 0.15) is 0 Å². The fourth-order valence-corrected chi connectivity index (χ4v) is 3.40. The lowest BCUT2D eigenvalue weighted by Gasteiger charge is -2.23. The number of carbonyl (C=O) groups excluding carboxylic acids is 1. The predicted octanol–water partition coefficient (Wildman–Crippen LogP) is 1.23. The smallest absolute Gasteiger partial charge is 0.223 e. The van der Waals surface area contributed by atoms with Crippen molar-refractivity contribution in [1.29, 1.82) is 0 Å². The van der Waals surface area contributed by atoms with E-state index in [1.54, 1.807) is 0 Å². The first-order valence-electron chi connectivity index (χ1n) is 8.08. The molecule has 2 saturated carbocycles. The molecule has 112 valence electrons. The number of hydrogen-bond donors (Lipinski definition) is 2. The van der Waals surface area contributed by atoms with Gasteiger partial charge in [-0.3, -0.25) is 9.79 Å². The Labute approximate surface area is 121 Å². The molecule has 3 N–H and O–H groups in total. The van der Waals surface area contributed by atoms with Crippen molar-refractivity contribution in [2.75, 3.05) is 13.1 Å². The first kappa shape index (κ1) is 13.7. The van der Waals surface area contributed by atoms with E-state index in [2.05, 4.69) is 10.3 Å². The Kier molecular flexibility index (Phi) is 4.13. The molecule has 3 aliphatic rings. The van der Waals surface area contributed by atoms with Crippen molar-refractivity contribution in [3.63, 3.8) is 0 Å². The minimum atomic E-state index is 0.312. The van der Waals surface area contributed by atoms with E-state index in [9.17, 15) is 4.79 Å². The number of nitrogens with two attached hydrogens (primary N) is 1. The summed E-state index contributed by atoms with van der Waals surface area (Å²) in [7, 11) is 0. The third-order valence-corrected chi connectivity index (χ3v) is 4.70. The summed E-state index contributed by atoms with van der Waals surface area (Å²) < 4.78 is 0. The maximum Gasteiger partial charge on any atom is 0.223 e. The van der Waals surface area contributed by atoms with Gasteiger partial charge in [-0.25, -0.2) is 0 Å². The summed E-state index contributed by atoms with van der Waals surface area (Å²) in [5, 5.41) is 3.33. The average molecular weight is 278 g/mol. The zero-order valence-electron chi connectivity index (χ0n) is 12.2. The van der Waals surface area contributed by atoms with Crippen molar-refractivity contribution in [3.05, 3.63) is 0 Å². The molecule has 0 aromatic heterocycles. The van der Waals surface area contributed by atoms with E-state index in [0.29, 0.717) is 42.8 Å². The van der Waals surface area contributed by atoms with E-state index < -0.39 is 0 Å². The van der Waals surface area contributed by atoms with Gasteiger partial charge in [0.2, 0.25) is 5.91 Å². The molecule has 1 atom stereocenters. The summed E-state index contributed by atoms with van der Waals surface area (Å²) in [5.74, 6) is 1.23. The fourth-order valence-electron chi connectivity index (χ4n) is 3.40. The van der Waals surface area contributed by atoms with Crippen LogP contribution in [0.3, 0.4) is 0 Å². The van der Waals surface area contributed by atoms with Crippen molar-refractivity contribution in [2.24, 2.45) is 16.6 Å². The van der Waals surface area contributed by atoms with Crippen molar-refractivity contribution in [1.82, 2.24) is 10.2 Å². The summed E-state index contributed by atoms with van der Waals surface area (Å²) in [6, 6.07) is 1.04. The summed E-state index contributed by atoms with van der Waals surface area (Å²) in [5.41, 5.74) is 5.96. The Morgan fingerprint density at radius 2 is 2.00 bits per heavy atom. The molecule has 1 amide bonds. The van der Waals surface area contributed by atoms with Crippen molar-refractivity contribution < 1.29 is 4.79 Å². The normalized spacial score (nSPS) is 29.0. The van der Waals surface area contributed by atoms with Gasteiger partial charge in [0.15, 0.2) is 5.96 Å². The molecule has 3 rings (SSSR count). The monoisotopic (exact) mass is 278 g/mol. The van der Waals surface area contributed by atoms with E-state index in [-0.39, 0.29) is 0 Å². The number of likely N-dealkylation sites (tertiary alicyclic amines) is 1. The molecule has 2 aliphatic carbocycles. The van der Waals surface area contributed by atoms with E-state index >= 15 is 0 Å². The highest BCUT2D eigenvalue weighted by molar-refractivity contribution is 5.80. The molecule has 0 spiro atoms. The minimum Gasteiger partial charge on any atom is -0.370 e. The Morgan fingerprint density at radius 1 is 1.25 bits per heavy atom. The molecule has 1 heterocycles. The second kappa shape index (κ2) is 6.02. The Morgan fingerprint density at radius 3 is 2.70 bits per heavy atom. The molecule has 1 unspecified atom stereocenters. The van der Waals surface area contributed by atoms with Crippen LogP contribution in [0.4, 0.5) is 0 Å². The summed E-state index contributed by atoms with van der Waals surface area (Å²) in [6.07, 6.45) is 9.35. The van der Waals surface area contributed by atoms with Crippen LogP contribution in [0, 0.1) is 5.92 Å². The molecule has 5 heteroatoms. The van der Waals surface area contributed by atoms with Gasteiger partial charge < -0.3 is 16.0 Å². The number of guanidine groups is 1. The average Bonchev–Trinajstić information content (AvgIpc) is 3.21. The third kappa shape index (κ3) is 3.44. The van der Waals surface area contributed by atoms with Crippen LogP contribution in [0.15, 0.2) is 4.99 Å². The van der Waals surface area contributed by atoms with Crippen LogP contribution in [0.2, 0.25) is 0 Å². The molecular formula is C15H26N4O. The first-order chi connectivity index (χ1) is 9.72. The molecule has 20 heavy (non-hydrogen) atoms. The molecule has 5 nitrogen and oxygen atoms in total. The third-order valence-electron chi connectivity index (χ3n) is 4.70. The van der Waals surface area contributed by atoms with Gasteiger partial charge in [-0.1, -0.05) is 19.3 Å². The highest BCUT2D eigenvalue weighted by atomic mass is 16.2. The Balaban J connectivity index is 1.43. The van der Waals surface area contributed by atoms with Crippen LogP contribution in [-0.2, 0) is 4.79 Å². The molecule has 1 saturated heterocycles. The van der Waals surface area contributed by atoms with Gasteiger partial charge in [0.05, 0.1) is 0 Å². The van der Waals surface area contributed by atoms with Crippen LogP contribution in [0.25, 0.3) is 0 Å². The second-order valence-electron chi connectivity index (χ2n) is 6.55. The molecule has 0 aromatic rings. The number of nitrogens with zero attached hydrogens (tertiary/aromatic N) is 2. The fraction of sp³-hybridized carbons (Fsp3) is 0.867. The lowest BCUT2D eigenvalue weighted by Crippen LogP contribution is -2.41. The number of rotatable bonds is 4. The number of hydrogen-bond acceptors (Lipinski definition) is 2. The number of amides is 1. The first-order valence-corrected chi connectivity index (χ1v) is 8.08. The Bertz CT molecular complexity index is 385. The van der Waals surface area contributed by atoms with Crippen LogP contribution >= 0.6 is 0 Å². The SMILES string of the molecule is NC(=NCC1CC(=O)N(C2CC2)C1)NC1CCCCC1. The Hall–Kier alpha value is -1.26. The highest BCUT2D eigenvalue weighted by Crippen LogP contribution is 2.32. The van der Waals surface area contributed by atoms with E-state index in [0.717, 1.165) is 6.54 Å². The quantitative estimate of drug-likeness (QED) is 0.600. The maximum atomic E-state index is 11.9. The molecule has 1 aliphatic heterocycles. The van der Waals surface area contributed by atoms with Crippen molar-refractivity contribution >= 4 is 11.9 Å². The zero-order valence-corrected chi connectivity index (χ0v) is 12.2. The van der Waals surface area contributed by atoms with Crippen LogP contribution in [-0.4, -0.2) is 41.9 Å². The van der Waals surface area contributed by atoms with Gasteiger partial charge >= 0.3 is 0 Å². The number of nitrogens with one attached hydrogen (secondary N) is 1. The van der Waals surface area contributed by atoms with E-state index in [1.807, 2.05) is 4.90 Å². The molecule has 0 bridgehead atoms. The molecular weight excluding hydrogens is 252 g/mol. The molecule has 3 fully saturated rings.